The number of aliphatic hydroxyl groups is 1. The highest BCUT2D eigenvalue weighted by Gasteiger charge is 2.42. The van der Waals surface area contributed by atoms with E-state index in [2.05, 4.69) is 21.0 Å². The zero-order valence-corrected chi connectivity index (χ0v) is 56.7. The molecule has 11 fully saturated rings. The fourth-order valence-electron chi connectivity index (χ4n) is 18.7. The maximum Gasteiger partial charge on any atom is 0.333 e. The first-order chi connectivity index (χ1) is 46.2. The van der Waals surface area contributed by atoms with Gasteiger partial charge in [0.25, 0.3) is 0 Å². The van der Waals surface area contributed by atoms with E-state index in [9.17, 15) is 31.5 Å². The molecule has 100 heavy (non-hydrogen) atoms. The van der Waals surface area contributed by atoms with E-state index in [0.717, 1.165) is 127 Å². The highest BCUT2D eigenvalue weighted by Crippen LogP contribution is 2.50. The van der Waals surface area contributed by atoms with Crippen molar-refractivity contribution >= 4 is 11.9 Å². The van der Waals surface area contributed by atoms with Crippen molar-refractivity contribution < 1.29 is 60.3 Å². The predicted molar refractivity (Wildman–Crippen MR) is 391 cm³/mol. The molecule has 12 bridgehead atoms. The van der Waals surface area contributed by atoms with Crippen LogP contribution in [0.4, 0.5) is 22.0 Å². The van der Waals surface area contributed by atoms with Gasteiger partial charge < -0.3 is 28.8 Å². The number of carbonyl (C=O) groups is 2. The van der Waals surface area contributed by atoms with Crippen LogP contribution in [0, 0.1) is 130 Å². The summed E-state index contributed by atoms with van der Waals surface area (Å²) in [5, 5.41) is 9.01. The van der Waals surface area contributed by atoms with Gasteiger partial charge in [-0.2, -0.15) is 4.39 Å². The Bertz CT molecular complexity index is 2760. The molecule has 12 aliphatic rings. The molecular formula is C84H128F5N3O8. The Kier molecular flexibility index (Phi) is 37.0. The fourth-order valence-corrected chi connectivity index (χ4v) is 18.7. The number of carbonyl (C=O) groups excluding carboxylic acids is 2. The molecule has 562 valence electrons. The molecule has 0 radical (unpaired) electrons. The number of allylic oxidation sites excluding steroid dienone is 1. The Balaban J connectivity index is 0.000000211. The minimum Gasteiger partial charge on any atom is -0.493 e. The second-order valence-corrected chi connectivity index (χ2v) is 30.0. The first kappa shape index (κ1) is 85.0. The van der Waals surface area contributed by atoms with E-state index in [4.69, 9.17) is 28.8 Å². The number of hydrogen-bond acceptors (Lipinski definition) is 11. The average Bonchev–Trinajstić information content (AvgIpc) is 1.70. The van der Waals surface area contributed by atoms with Crippen LogP contribution in [-0.4, -0.2) is 71.6 Å². The summed E-state index contributed by atoms with van der Waals surface area (Å²) in [7, 11) is 0. The third kappa shape index (κ3) is 25.7. The van der Waals surface area contributed by atoms with Gasteiger partial charge in [0.15, 0.2) is 0 Å². The first-order valence-corrected chi connectivity index (χ1v) is 37.0. The van der Waals surface area contributed by atoms with Crippen LogP contribution in [0.5, 0.6) is 17.5 Å². The van der Waals surface area contributed by atoms with Crippen LogP contribution in [0.15, 0.2) is 90.9 Å². The Labute approximate surface area is 599 Å². The Hall–Kier alpha value is -5.64. The molecule has 0 aliphatic heterocycles. The SMILES string of the molecule is C.C.C.C.C.CCOC(=O)C1=CCC2CCC1C2.CCOC(=O)C1CCC2CCC1C2.Fc1ccc(F)nc1.Fc1ccc(OCC2CCC3CCC2C3)cc1.Fc1ccc(OCC2CCC3CCC2C3)nc1.Fc1ccc(OC[C@@H]2CCC3CCC2C3)nc1.OCC1CCC2CCC1C2. The van der Waals surface area contributed by atoms with Crippen LogP contribution in [0.1, 0.15) is 237 Å². The molecule has 11 nitrogen and oxygen atoms in total. The monoisotopic (exact) mass is 1400 g/mol. The summed E-state index contributed by atoms with van der Waals surface area (Å²) in [5.74, 6) is 13.3. The molecular weight excluding hydrogens is 1270 g/mol. The van der Waals surface area contributed by atoms with Gasteiger partial charge in [-0.15, -0.1) is 0 Å². The smallest absolute Gasteiger partial charge is 0.333 e. The lowest BCUT2D eigenvalue weighted by atomic mass is 9.80. The summed E-state index contributed by atoms with van der Waals surface area (Å²) >= 11 is 0. The molecule has 1 aromatic carbocycles. The molecule has 11 saturated carbocycles. The van der Waals surface area contributed by atoms with Crippen LogP contribution in [0.3, 0.4) is 0 Å². The zero-order valence-electron chi connectivity index (χ0n) is 56.7. The van der Waals surface area contributed by atoms with Crippen molar-refractivity contribution in [2.45, 2.75) is 237 Å². The number of halogens is 5. The summed E-state index contributed by atoms with van der Waals surface area (Å²) in [6.45, 7) is 7.52. The van der Waals surface area contributed by atoms with Crippen molar-refractivity contribution in [2.75, 3.05) is 39.6 Å². The molecule has 17 atom stereocenters. The maximum atomic E-state index is 12.7. The standard InChI is InChI=1S/C15H19FO.2C14H18FNO.C11H18O2.C11H16O2.C9H16O.C5H3F2N.5CH4/c16-14-5-7-15(8-6-14)17-10-13-4-2-11-1-3-12(13)9-11;2*15-13-5-6-14(16-8-13)17-9-12-4-2-10-1-3-11(12)7-10;2*1-2-13-11(12)10-6-4-8-3-5-9(10)7-8;10-6-9-4-2-7-1-3-8(9)5-7;6-4-1-2-5(7)8-3-4;;;;;/h5-8,11-13H,1-4,9-10H2;2*5-6,8,10-12H,1-4,7,9H2;8-10H,2-7H2,1H3;6,8-9H,2-5,7H2,1H3;7-10H,1-6H2;1-3H;5*1H4/t;10?,11?,12-;;;;;;;;;;/m.0........../s1. The van der Waals surface area contributed by atoms with Crippen molar-refractivity contribution in [1.82, 2.24) is 15.0 Å². The third-order valence-corrected chi connectivity index (χ3v) is 24.1. The average molecular weight is 1400 g/mol. The molecule has 16 rings (SSSR count). The number of aliphatic hydroxyl groups excluding tert-OH is 1. The fraction of sp³-hybridized carbons (Fsp3) is 0.702. The Morgan fingerprint density at radius 2 is 0.800 bits per heavy atom. The minimum absolute atomic E-state index is 0. The maximum absolute atomic E-state index is 12.7. The number of fused-ring (bicyclic) bond motifs is 12. The summed E-state index contributed by atoms with van der Waals surface area (Å²) in [6, 6.07) is 14.3. The molecule has 0 saturated heterocycles. The van der Waals surface area contributed by atoms with Gasteiger partial charge in [-0.25, -0.2) is 37.3 Å². The van der Waals surface area contributed by atoms with Crippen LogP contribution in [-0.2, 0) is 19.1 Å². The first-order valence-electron chi connectivity index (χ1n) is 37.0. The molecule has 0 spiro atoms. The summed E-state index contributed by atoms with van der Waals surface area (Å²) in [5.41, 5.74) is 0.954. The van der Waals surface area contributed by atoms with Gasteiger partial charge in [-0.05, 0) is 285 Å². The highest BCUT2D eigenvalue weighted by molar-refractivity contribution is 5.89. The second-order valence-electron chi connectivity index (χ2n) is 30.0. The van der Waals surface area contributed by atoms with E-state index in [0.29, 0.717) is 61.2 Å². The number of ether oxygens (including phenoxy) is 5. The Morgan fingerprint density at radius 1 is 0.410 bits per heavy atom. The quantitative estimate of drug-likeness (QED) is 0.0733. The number of pyridine rings is 3. The number of esters is 2. The number of hydrogen-bond donors (Lipinski definition) is 1. The lowest BCUT2D eigenvalue weighted by Crippen LogP contribution is -2.27. The number of rotatable bonds is 14. The van der Waals surface area contributed by atoms with Crippen molar-refractivity contribution in [1.29, 1.82) is 0 Å². The van der Waals surface area contributed by atoms with E-state index < -0.39 is 11.8 Å². The van der Waals surface area contributed by atoms with Crippen LogP contribution in [0.2, 0.25) is 0 Å². The number of aromatic nitrogens is 3. The van der Waals surface area contributed by atoms with Crippen LogP contribution in [0.25, 0.3) is 0 Å². The second kappa shape index (κ2) is 43.5. The molecule has 1 N–H and O–H groups in total. The van der Waals surface area contributed by atoms with Gasteiger partial charge in [0.05, 0.1) is 57.5 Å². The minimum atomic E-state index is -0.661. The van der Waals surface area contributed by atoms with Crippen molar-refractivity contribution in [3.05, 3.63) is 120 Å². The van der Waals surface area contributed by atoms with Gasteiger partial charge in [0, 0.05) is 24.3 Å². The van der Waals surface area contributed by atoms with Gasteiger partial charge in [-0.1, -0.05) is 101 Å². The van der Waals surface area contributed by atoms with Crippen molar-refractivity contribution in [3.8, 4) is 17.5 Å². The van der Waals surface area contributed by atoms with Crippen molar-refractivity contribution in [2.24, 2.45) is 101 Å². The van der Waals surface area contributed by atoms with Crippen molar-refractivity contribution in [3.63, 3.8) is 0 Å². The van der Waals surface area contributed by atoms with Gasteiger partial charge >= 0.3 is 11.9 Å². The van der Waals surface area contributed by atoms with Gasteiger partial charge in [0.1, 0.15) is 29.0 Å². The van der Waals surface area contributed by atoms with E-state index in [1.54, 1.807) is 24.3 Å². The van der Waals surface area contributed by atoms with Gasteiger partial charge in [-0.3, -0.25) is 4.79 Å². The summed E-state index contributed by atoms with van der Waals surface area (Å²) in [6.07, 6.45) is 43.9. The summed E-state index contributed by atoms with van der Waals surface area (Å²) in [4.78, 5) is 33.9. The molecule has 0 amide bonds. The van der Waals surface area contributed by atoms with E-state index >= 15 is 0 Å². The molecule has 3 heterocycles. The summed E-state index contributed by atoms with van der Waals surface area (Å²) < 4.78 is 89.0. The Morgan fingerprint density at radius 3 is 1.23 bits per heavy atom. The lowest BCUT2D eigenvalue weighted by Gasteiger charge is -2.28. The highest BCUT2D eigenvalue weighted by atomic mass is 19.1. The molecule has 3 aromatic heterocycles. The number of nitrogens with zero attached hydrogens (tertiary/aromatic N) is 3. The molecule has 12 aliphatic carbocycles. The molecule has 16 heteroatoms. The molecule has 16 unspecified atom stereocenters. The van der Waals surface area contributed by atoms with E-state index in [1.807, 2.05) is 13.8 Å². The molecule has 4 aromatic rings. The van der Waals surface area contributed by atoms with Crippen LogP contribution < -0.4 is 14.2 Å². The normalized spacial score (nSPS) is 30.3. The van der Waals surface area contributed by atoms with Crippen LogP contribution >= 0.6 is 0 Å². The van der Waals surface area contributed by atoms with E-state index in [-0.39, 0.29) is 72.4 Å². The number of benzene rings is 1. The predicted octanol–water partition coefficient (Wildman–Crippen LogP) is 21.9. The van der Waals surface area contributed by atoms with E-state index in [1.165, 1.54) is 210 Å². The zero-order chi connectivity index (χ0) is 66.5. The third-order valence-electron chi connectivity index (χ3n) is 24.1. The lowest BCUT2D eigenvalue weighted by molar-refractivity contribution is -0.151. The largest absolute Gasteiger partial charge is 0.493 e. The topological polar surface area (TPSA) is 139 Å². The van der Waals surface area contributed by atoms with Gasteiger partial charge in [0.2, 0.25) is 17.7 Å².